The Bertz CT molecular complexity index is 930. The van der Waals surface area contributed by atoms with Crippen LogP contribution in [-0.2, 0) is 12.6 Å². The number of alkyl halides is 3. The molecule has 0 saturated heterocycles. The minimum atomic E-state index is -4.38. The molecule has 0 bridgehead atoms. The molecule has 2 aromatic carbocycles. The van der Waals surface area contributed by atoms with E-state index < -0.39 is 11.7 Å². The van der Waals surface area contributed by atoms with Crippen molar-refractivity contribution in [1.29, 1.82) is 0 Å². The maximum absolute atomic E-state index is 13.0. The van der Waals surface area contributed by atoms with Crippen LogP contribution in [0.4, 0.5) is 19.0 Å². The summed E-state index contributed by atoms with van der Waals surface area (Å²) < 4.78 is 41.6. The summed E-state index contributed by atoms with van der Waals surface area (Å²) in [5.41, 5.74) is 2.47. The molecule has 0 saturated carbocycles. The van der Waals surface area contributed by atoms with Crippen LogP contribution in [0.2, 0.25) is 0 Å². The van der Waals surface area contributed by atoms with Crippen molar-refractivity contribution >= 4 is 21.7 Å². The number of anilines is 1. The van der Waals surface area contributed by atoms with E-state index in [2.05, 4.69) is 26.3 Å². The molecule has 1 aliphatic heterocycles. The fourth-order valence-electron chi connectivity index (χ4n) is 3.02. The molecule has 3 aromatic rings. The van der Waals surface area contributed by atoms with Crippen LogP contribution in [0.3, 0.4) is 0 Å². The van der Waals surface area contributed by atoms with Crippen molar-refractivity contribution < 1.29 is 13.2 Å². The predicted molar refractivity (Wildman–Crippen MR) is 93.9 cm³/mol. The van der Waals surface area contributed by atoms with Gasteiger partial charge in [0.05, 0.1) is 16.9 Å². The van der Waals surface area contributed by atoms with Crippen molar-refractivity contribution in [2.45, 2.75) is 12.6 Å². The monoisotopic (exact) mass is 407 g/mol. The molecule has 0 atom stereocenters. The summed E-state index contributed by atoms with van der Waals surface area (Å²) >= 11 is 3.40. The molecule has 25 heavy (non-hydrogen) atoms. The van der Waals surface area contributed by atoms with Crippen molar-refractivity contribution in [2.75, 3.05) is 11.9 Å². The molecule has 0 aliphatic carbocycles. The maximum atomic E-state index is 13.0. The third-order valence-corrected chi connectivity index (χ3v) is 4.72. The van der Waals surface area contributed by atoms with E-state index in [1.807, 2.05) is 24.3 Å². The zero-order chi connectivity index (χ0) is 17.6. The molecular formula is C18H13BrF3N3. The number of nitrogens with one attached hydrogen (secondary N) is 1. The number of hydrogen-bond donors (Lipinski definition) is 1. The number of fused-ring (bicyclic) bond motifs is 1. The van der Waals surface area contributed by atoms with E-state index in [9.17, 15) is 13.2 Å². The first-order valence-electron chi connectivity index (χ1n) is 7.73. The van der Waals surface area contributed by atoms with Crippen LogP contribution in [0.15, 0.2) is 53.0 Å². The highest BCUT2D eigenvalue weighted by molar-refractivity contribution is 9.10. The lowest BCUT2D eigenvalue weighted by Crippen LogP contribution is -2.08. The summed E-state index contributed by atoms with van der Waals surface area (Å²) in [6, 6.07) is 13.0. The van der Waals surface area contributed by atoms with Crippen molar-refractivity contribution in [3.63, 3.8) is 0 Å². The SMILES string of the molecule is FC(F)(F)c1cccc(-n2nc(-c3ccc(Br)cc3)c3c2NCC3)c1. The minimum Gasteiger partial charge on any atom is -0.369 e. The van der Waals surface area contributed by atoms with Gasteiger partial charge in [-0.05, 0) is 36.8 Å². The van der Waals surface area contributed by atoms with Crippen molar-refractivity contribution in [3.05, 3.63) is 64.1 Å². The molecule has 0 unspecified atom stereocenters. The maximum Gasteiger partial charge on any atom is 0.416 e. The van der Waals surface area contributed by atoms with Crippen molar-refractivity contribution in [1.82, 2.24) is 9.78 Å². The summed E-state index contributed by atoms with van der Waals surface area (Å²) in [5.74, 6) is 0.761. The number of nitrogens with zero attached hydrogens (tertiary/aromatic N) is 2. The molecular weight excluding hydrogens is 395 g/mol. The van der Waals surface area contributed by atoms with Gasteiger partial charge in [0.2, 0.25) is 0 Å². The van der Waals surface area contributed by atoms with Gasteiger partial charge in [-0.2, -0.15) is 18.3 Å². The van der Waals surface area contributed by atoms with E-state index in [0.29, 0.717) is 5.69 Å². The molecule has 1 aliphatic rings. The third kappa shape index (κ3) is 2.93. The van der Waals surface area contributed by atoms with E-state index in [-0.39, 0.29) is 0 Å². The Kier molecular flexibility index (Phi) is 3.83. The first-order chi connectivity index (χ1) is 11.9. The van der Waals surface area contributed by atoms with Crippen LogP contribution < -0.4 is 5.32 Å². The van der Waals surface area contributed by atoms with Gasteiger partial charge >= 0.3 is 6.18 Å². The van der Waals surface area contributed by atoms with Gasteiger partial charge in [0.1, 0.15) is 5.82 Å². The van der Waals surface area contributed by atoms with Crippen LogP contribution in [-0.4, -0.2) is 16.3 Å². The van der Waals surface area contributed by atoms with Crippen molar-refractivity contribution in [2.24, 2.45) is 0 Å². The number of hydrogen-bond acceptors (Lipinski definition) is 2. The highest BCUT2D eigenvalue weighted by atomic mass is 79.9. The molecule has 0 fully saturated rings. The molecule has 128 valence electrons. The Hall–Kier alpha value is -2.28. The zero-order valence-electron chi connectivity index (χ0n) is 12.9. The van der Waals surface area contributed by atoms with Gasteiger partial charge in [-0.15, -0.1) is 0 Å². The average Bonchev–Trinajstić information content (AvgIpc) is 3.17. The van der Waals surface area contributed by atoms with Crippen LogP contribution >= 0.6 is 15.9 Å². The van der Waals surface area contributed by atoms with Crippen LogP contribution in [0.5, 0.6) is 0 Å². The van der Waals surface area contributed by atoms with Crippen LogP contribution in [0.1, 0.15) is 11.1 Å². The second kappa shape index (κ2) is 5.91. The highest BCUT2D eigenvalue weighted by Gasteiger charge is 2.31. The van der Waals surface area contributed by atoms with Crippen molar-refractivity contribution in [3.8, 4) is 16.9 Å². The van der Waals surface area contributed by atoms with Gasteiger partial charge in [-0.1, -0.05) is 34.1 Å². The van der Waals surface area contributed by atoms with E-state index in [1.54, 1.807) is 10.7 Å². The second-order valence-electron chi connectivity index (χ2n) is 5.82. The van der Waals surface area contributed by atoms with Crippen LogP contribution in [0.25, 0.3) is 16.9 Å². The Labute approximate surface area is 150 Å². The lowest BCUT2D eigenvalue weighted by atomic mass is 10.1. The standard InChI is InChI=1S/C18H13BrF3N3/c19-13-6-4-11(5-7-13)16-15-8-9-23-17(15)25(24-16)14-3-1-2-12(10-14)18(20,21)22/h1-7,10,23H,8-9H2. The molecule has 1 aromatic heterocycles. The highest BCUT2D eigenvalue weighted by Crippen LogP contribution is 2.36. The van der Waals surface area contributed by atoms with E-state index in [0.717, 1.165) is 52.2 Å². The van der Waals surface area contributed by atoms with Gasteiger partial charge in [-0.3, -0.25) is 0 Å². The third-order valence-electron chi connectivity index (χ3n) is 4.19. The molecule has 0 spiro atoms. The quantitative estimate of drug-likeness (QED) is 0.625. The lowest BCUT2D eigenvalue weighted by Gasteiger charge is -2.10. The number of halogens is 4. The Balaban J connectivity index is 1.85. The normalized spacial score (nSPS) is 13.6. The minimum absolute atomic E-state index is 0.392. The van der Waals surface area contributed by atoms with Gasteiger partial charge < -0.3 is 5.32 Å². The molecule has 7 heteroatoms. The van der Waals surface area contributed by atoms with Gasteiger partial charge in [0, 0.05) is 22.1 Å². The molecule has 0 amide bonds. The average molecular weight is 408 g/mol. The molecule has 3 nitrogen and oxygen atoms in total. The fourth-order valence-corrected chi connectivity index (χ4v) is 3.28. The summed E-state index contributed by atoms with van der Waals surface area (Å²) in [6.07, 6.45) is -3.59. The van der Waals surface area contributed by atoms with E-state index in [1.165, 1.54) is 6.07 Å². The topological polar surface area (TPSA) is 29.9 Å². The summed E-state index contributed by atoms with van der Waals surface area (Å²) in [5, 5.41) is 7.83. The lowest BCUT2D eigenvalue weighted by molar-refractivity contribution is -0.137. The molecule has 4 rings (SSSR count). The Morgan fingerprint density at radius 2 is 1.84 bits per heavy atom. The fraction of sp³-hybridized carbons (Fsp3) is 0.167. The van der Waals surface area contributed by atoms with E-state index >= 15 is 0 Å². The smallest absolute Gasteiger partial charge is 0.369 e. The van der Waals surface area contributed by atoms with Crippen LogP contribution in [0, 0.1) is 0 Å². The first-order valence-corrected chi connectivity index (χ1v) is 8.52. The first kappa shape index (κ1) is 16.2. The van der Waals surface area contributed by atoms with E-state index in [4.69, 9.17) is 0 Å². The zero-order valence-corrected chi connectivity index (χ0v) is 14.5. The number of rotatable bonds is 2. The number of benzene rings is 2. The van der Waals surface area contributed by atoms with Gasteiger partial charge in [0.15, 0.2) is 0 Å². The summed E-state index contributed by atoms with van der Waals surface area (Å²) in [6.45, 7) is 0.746. The molecule has 1 N–H and O–H groups in total. The largest absolute Gasteiger partial charge is 0.416 e. The molecule has 0 radical (unpaired) electrons. The summed E-state index contributed by atoms with van der Waals surface area (Å²) in [4.78, 5) is 0. The van der Waals surface area contributed by atoms with Gasteiger partial charge in [-0.25, -0.2) is 4.68 Å². The Morgan fingerprint density at radius 1 is 1.08 bits per heavy atom. The van der Waals surface area contributed by atoms with Gasteiger partial charge in [0.25, 0.3) is 0 Å². The molecule has 2 heterocycles. The number of aromatic nitrogens is 2. The predicted octanol–water partition coefficient (Wildman–Crippen LogP) is 5.29. The Morgan fingerprint density at radius 3 is 2.56 bits per heavy atom. The second-order valence-corrected chi connectivity index (χ2v) is 6.74. The summed E-state index contributed by atoms with van der Waals surface area (Å²) in [7, 11) is 0.